The fourth-order valence-electron chi connectivity index (χ4n) is 2.82. The molecule has 1 atom stereocenters. The molecule has 0 spiro atoms. The second kappa shape index (κ2) is 8.85. The van der Waals surface area contributed by atoms with Crippen LogP contribution in [0.4, 0.5) is 0 Å². The number of para-hydroxylation sites is 1. The number of amides is 1. The first-order valence-electron chi connectivity index (χ1n) is 8.44. The van der Waals surface area contributed by atoms with Crippen molar-refractivity contribution in [2.24, 2.45) is 5.92 Å². The van der Waals surface area contributed by atoms with Crippen LogP contribution in [0.1, 0.15) is 17.7 Å². The molecule has 1 N–H and O–H groups in total. The van der Waals surface area contributed by atoms with Crippen LogP contribution >= 0.6 is 11.8 Å². The topological polar surface area (TPSA) is 60.7 Å². The van der Waals surface area contributed by atoms with Gasteiger partial charge in [0.25, 0.3) is 0 Å². The van der Waals surface area contributed by atoms with E-state index in [1.54, 1.807) is 13.4 Å². The first kappa shape index (κ1) is 17.7. The van der Waals surface area contributed by atoms with Crippen LogP contribution in [0.15, 0.2) is 41.0 Å². The number of nitrogens with one attached hydrogen (secondary N) is 1. The molecule has 2 aromatic rings. The summed E-state index contributed by atoms with van der Waals surface area (Å²) in [4.78, 5) is 12.3. The first-order valence-corrected chi connectivity index (χ1v) is 9.60. The molecule has 1 unspecified atom stereocenters. The van der Waals surface area contributed by atoms with Crippen molar-refractivity contribution in [1.82, 2.24) is 5.32 Å². The summed E-state index contributed by atoms with van der Waals surface area (Å²) in [5.41, 5.74) is 1.03. The summed E-state index contributed by atoms with van der Waals surface area (Å²) < 4.78 is 16.4. The summed E-state index contributed by atoms with van der Waals surface area (Å²) in [6, 6.07) is 9.67. The van der Waals surface area contributed by atoms with E-state index >= 15 is 0 Å². The van der Waals surface area contributed by atoms with E-state index in [4.69, 9.17) is 13.9 Å². The van der Waals surface area contributed by atoms with E-state index in [1.165, 1.54) is 0 Å². The molecule has 1 aliphatic heterocycles. The lowest BCUT2D eigenvalue weighted by Gasteiger charge is -2.25. The van der Waals surface area contributed by atoms with Crippen molar-refractivity contribution in [1.29, 1.82) is 0 Å². The average Bonchev–Trinajstić information content (AvgIpc) is 3.16. The highest BCUT2D eigenvalue weighted by atomic mass is 32.2. The third-order valence-corrected chi connectivity index (χ3v) is 5.20. The van der Waals surface area contributed by atoms with Crippen LogP contribution in [0.2, 0.25) is 0 Å². The van der Waals surface area contributed by atoms with E-state index in [2.05, 4.69) is 5.32 Å². The zero-order valence-electron chi connectivity index (χ0n) is 14.3. The Labute approximate surface area is 152 Å². The number of hydrogen-bond donors (Lipinski definition) is 1. The fourth-order valence-corrected chi connectivity index (χ4v) is 3.68. The highest BCUT2D eigenvalue weighted by Crippen LogP contribution is 2.35. The molecule has 0 bridgehead atoms. The van der Waals surface area contributed by atoms with E-state index in [-0.39, 0.29) is 11.8 Å². The summed E-state index contributed by atoms with van der Waals surface area (Å²) in [5, 5.41) is 3.02. The van der Waals surface area contributed by atoms with Gasteiger partial charge in [0.1, 0.15) is 12.4 Å². The highest BCUT2D eigenvalue weighted by Gasteiger charge is 2.27. The minimum atomic E-state index is -0.143. The molecule has 0 radical (unpaired) electrons. The lowest BCUT2D eigenvalue weighted by atomic mass is 9.95. The Bertz CT molecular complexity index is 687. The van der Waals surface area contributed by atoms with Gasteiger partial charge in [-0.3, -0.25) is 4.79 Å². The molecule has 0 saturated carbocycles. The summed E-state index contributed by atoms with van der Waals surface area (Å²) in [6.45, 7) is 1.08. The molecule has 0 fully saturated rings. The van der Waals surface area contributed by atoms with E-state index in [0.717, 1.165) is 40.7 Å². The number of rotatable bonds is 8. The van der Waals surface area contributed by atoms with Crippen molar-refractivity contribution >= 4 is 17.7 Å². The Kier molecular flexibility index (Phi) is 6.28. The largest absolute Gasteiger partial charge is 0.493 e. The van der Waals surface area contributed by atoms with Crippen molar-refractivity contribution in [3.63, 3.8) is 0 Å². The smallest absolute Gasteiger partial charge is 0.226 e. The van der Waals surface area contributed by atoms with E-state index in [9.17, 15) is 4.79 Å². The molecule has 0 aliphatic carbocycles. The zero-order valence-corrected chi connectivity index (χ0v) is 15.1. The minimum Gasteiger partial charge on any atom is -0.493 e. The third kappa shape index (κ3) is 4.72. The van der Waals surface area contributed by atoms with Gasteiger partial charge in [-0.25, -0.2) is 0 Å². The summed E-state index contributed by atoms with van der Waals surface area (Å²) in [6.07, 6.45) is 3.32. The number of thioether (sulfide) groups is 1. The lowest BCUT2D eigenvalue weighted by Crippen LogP contribution is -2.37. The molecule has 2 heterocycles. The number of furan rings is 1. The molecule has 0 saturated heterocycles. The monoisotopic (exact) mass is 361 g/mol. The quantitative estimate of drug-likeness (QED) is 0.731. The van der Waals surface area contributed by atoms with Crippen molar-refractivity contribution in [3.05, 3.63) is 47.9 Å². The molecule has 5 nitrogen and oxygen atoms in total. The van der Waals surface area contributed by atoms with Crippen LogP contribution in [0.3, 0.4) is 0 Å². The summed E-state index contributed by atoms with van der Waals surface area (Å²) in [5.74, 6) is 4.26. The molecular formula is C19H23NO4S. The minimum absolute atomic E-state index is 0.0597. The number of methoxy groups -OCH3 is 1. The number of fused-ring (bicyclic) bond motifs is 1. The molecule has 25 heavy (non-hydrogen) atoms. The van der Waals surface area contributed by atoms with Crippen LogP contribution < -0.4 is 14.8 Å². The Morgan fingerprint density at radius 2 is 2.28 bits per heavy atom. The van der Waals surface area contributed by atoms with Gasteiger partial charge in [-0.1, -0.05) is 12.1 Å². The number of carbonyl (C=O) groups excluding carboxylic acids is 1. The van der Waals surface area contributed by atoms with Crippen LogP contribution in [-0.2, 0) is 17.0 Å². The van der Waals surface area contributed by atoms with Gasteiger partial charge < -0.3 is 19.2 Å². The predicted octanol–water partition coefficient (Wildman–Crippen LogP) is 3.28. The van der Waals surface area contributed by atoms with Crippen molar-refractivity contribution in [2.45, 2.75) is 18.6 Å². The molecule has 6 heteroatoms. The van der Waals surface area contributed by atoms with Crippen LogP contribution in [0, 0.1) is 5.92 Å². The van der Waals surface area contributed by atoms with E-state index in [0.29, 0.717) is 19.6 Å². The van der Waals surface area contributed by atoms with E-state index in [1.807, 2.05) is 42.1 Å². The van der Waals surface area contributed by atoms with Crippen molar-refractivity contribution in [3.8, 4) is 11.5 Å². The lowest BCUT2D eigenvalue weighted by molar-refractivity contribution is -0.126. The van der Waals surface area contributed by atoms with Gasteiger partial charge in [0.05, 0.1) is 25.0 Å². The average molecular weight is 361 g/mol. The summed E-state index contributed by atoms with van der Waals surface area (Å²) >= 11 is 1.81. The highest BCUT2D eigenvalue weighted by molar-refractivity contribution is 7.98. The molecule has 3 rings (SSSR count). The van der Waals surface area contributed by atoms with Gasteiger partial charge in [-0.15, -0.1) is 0 Å². The van der Waals surface area contributed by atoms with Gasteiger partial charge in [0, 0.05) is 6.54 Å². The maximum absolute atomic E-state index is 12.3. The summed E-state index contributed by atoms with van der Waals surface area (Å²) in [7, 11) is 1.63. The maximum Gasteiger partial charge on any atom is 0.226 e. The maximum atomic E-state index is 12.3. The molecule has 1 amide bonds. The Hall–Kier alpha value is -2.08. The number of benzene rings is 1. The first-order chi connectivity index (χ1) is 12.3. The Morgan fingerprint density at radius 1 is 1.36 bits per heavy atom. The molecular weight excluding hydrogens is 338 g/mol. The number of carbonyl (C=O) groups is 1. The second-order valence-electron chi connectivity index (χ2n) is 5.94. The zero-order chi connectivity index (χ0) is 17.5. The Balaban J connectivity index is 1.37. The van der Waals surface area contributed by atoms with Crippen molar-refractivity contribution in [2.75, 3.05) is 26.0 Å². The van der Waals surface area contributed by atoms with Gasteiger partial charge in [-0.05, 0) is 42.4 Å². The normalized spacial score (nSPS) is 16.0. The van der Waals surface area contributed by atoms with Gasteiger partial charge in [0.15, 0.2) is 11.5 Å². The van der Waals surface area contributed by atoms with Gasteiger partial charge >= 0.3 is 0 Å². The standard InChI is InChI=1S/C19H23NO4S/c1-22-17-7-2-5-14-11-15(12-24-18(14)17)19(21)20-8-4-10-25-13-16-6-3-9-23-16/h2-3,5-7,9,15H,4,8,10-13H2,1H3,(H,20,21). The van der Waals surface area contributed by atoms with Gasteiger partial charge in [-0.2, -0.15) is 11.8 Å². The van der Waals surface area contributed by atoms with Crippen LogP contribution in [0.25, 0.3) is 0 Å². The van der Waals surface area contributed by atoms with Gasteiger partial charge in [0.2, 0.25) is 5.91 Å². The van der Waals surface area contributed by atoms with Crippen LogP contribution in [-0.4, -0.2) is 31.9 Å². The molecule has 134 valence electrons. The van der Waals surface area contributed by atoms with Crippen molar-refractivity contribution < 1.29 is 18.7 Å². The SMILES string of the molecule is COc1cccc2c1OCC(C(=O)NCCCSCc1ccco1)C2. The third-order valence-electron chi connectivity index (χ3n) is 4.14. The number of hydrogen-bond acceptors (Lipinski definition) is 5. The fraction of sp³-hybridized carbons (Fsp3) is 0.421. The Morgan fingerprint density at radius 3 is 3.08 bits per heavy atom. The second-order valence-corrected chi connectivity index (χ2v) is 7.04. The molecule has 1 aromatic carbocycles. The predicted molar refractivity (Wildman–Crippen MR) is 98.2 cm³/mol. The number of ether oxygens (including phenoxy) is 2. The van der Waals surface area contributed by atoms with E-state index < -0.39 is 0 Å². The molecule has 1 aromatic heterocycles. The molecule has 1 aliphatic rings. The van der Waals surface area contributed by atoms with Crippen LogP contribution in [0.5, 0.6) is 11.5 Å².